The molecule has 0 bridgehead atoms. The molecule has 47 valence electrons. The van der Waals surface area contributed by atoms with E-state index in [9.17, 15) is 0 Å². The van der Waals surface area contributed by atoms with Gasteiger partial charge in [0.15, 0.2) is 0 Å². The van der Waals surface area contributed by atoms with E-state index in [0.717, 1.165) is 13.1 Å². The van der Waals surface area contributed by atoms with Crippen LogP contribution in [-0.4, -0.2) is 18.2 Å². The maximum atomic E-state index is 5.11. The summed E-state index contributed by atoms with van der Waals surface area (Å²) in [4.78, 5) is 5.11. The van der Waals surface area contributed by atoms with E-state index < -0.39 is 0 Å². The zero-order chi connectivity index (χ0) is 5.82. The standard InChI is InChI=1S/C6H12NO/c1-2-8-7-5-3-4-6-7/h2H,3-6H2,1H3. The molecule has 0 aromatic carbocycles. The Morgan fingerprint density at radius 3 is 2.50 bits per heavy atom. The van der Waals surface area contributed by atoms with Crippen molar-refractivity contribution in [2.24, 2.45) is 0 Å². The second-order valence-electron chi connectivity index (χ2n) is 1.98. The molecule has 2 nitrogen and oxygen atoms in total. The van der Waals surface area contributed by atoms with E-state index in [1.807, 2.05) is 12.0 Å². The number of hydrogen-bond acceptors (Lipinski definition) is 2. The Bertz CT molecular complexity index is 59.5. The van der Waals surface area contributed by atoms with Gasteiger partial charge < -0.3 is 0 Å². The summed E-state index contributed by atoms with van der Waals surface area (Å²) in [5, 5.41) is 1.99. The number of hydroxylamine groups is 2. The Morgan fingerprint density at radius 1 is 1.38 bits per heavy atom. The minimum atomic E-state index is 1.10. The molecule has 1 aliphatic rings. The van der Waals surface area contributed by atoms with Crippen molar-refractivity contribution < 1.29 is 4.84 Å². The first-order chi connectivity index (χ1) is 3.93. The average Bonchev–Trinajstić information content (AvgIpc) is 2.19. The van der Waals surface area contributed by atoms with Crippen molar-refractivity contribution in [2.75, 3.05) is 13.1 Å². The zero-order valence-corrected chi connectivity index (χ0v) is 5.26. The fourth-order valence-corrected chi connectivity index (χ4v) is 0.943. The Balaban J connectivity index is 2.06. The minimum absolute atomic E-state index is 1.10. The highest BCUT2D eigenvalue weighted by Crippen LogP contribution is 2.07. The Kier molecular flexibility index (Phi) is 2.30. The van der Waals surface area contributed by atoms with E-state index in [4.69, 9.17) is 4.84 Å². The summed E-state index contributed by atoms with van der Waals surface area (Å²) in [5.74, 6) is 0. The molecule has 0 aromatic rings. The highest BCUT2D eigenvalue weighted by molar-refractivity contribution is 4.57. The Hall–Kier alpha value is -0.0800. The molecule has 1 rings (SSSR count). The lowest BCUT2D eigenvalue weighted by Gasteiger charge is -2.11. The Labute approximate surface area is 50.4 Å². The fourth-order valence-electron chi connectivity index (χ4n) is 0.943. The van der Waals surface area contributed by atoms with Crippen LogP contribution in [0.5, 0.6) is 0 Å². The third-order valence-corrected chi connectivity index (χ3v) is 1.32. The molecule has 1 fully saturated rings. The van der Waals surface area contributed by atoms with Crippen LogP contribution < -0.4 is 0 Å². The molecule has 0 atom stereocenters. The average molecular weight is 114 g/mol. The van der Waals surface area contributed by atoms with E-state index in [2.05, 4.69) is 0 Å². The van der Waals surface area contributed by atoms with Gasteiger partial charge in [-0.1, -0.05) is 0 Å². The Morgan fingerprint density at radius 2 is 2.00 bits per heavy atom. The highest BCUT2D eigenvalue weighted by atomic mass is 16.7. The van der Waals surface area contributed by atoms with Gasteiger partial charge in [-0.3, -0.25) is 4.84 Å². The van der Waals surface area contributed by atoms with Crippen molar-refractivity contribution in [3.8, 4) is 0 Å². The first-order valence-electron chi connectivity index (χ1n) is 3.13. The second kappa shape index (κ2) is 3.05. The van der Waals surface area contributed by atoms with Gasteiger partial charge in [0.05, 0.1) is 0 Å². The molecule has 0 unspecified atom stereocenters. The van der Waals surface area contributed by atoms with Gasteiger partial charge in [0.1, 0.15) is 6.61 Å². The lowest BCUT2D eigenvalue weighted by molar-refractivity contribution is -0.105. The predicted octanol–water partition coefficient (Wildman–Crippen LogP) is 1.20. The monoisotopic (exact) mass is 114 g/mol. The quantitative estimate of drug-likeness (QED) is 0.534. The van der Waals surface area contributed by atoms with E-state index in [1.54, 1.807) is 6.61 Å². The first-order valence-corrected chi connectivity index (χ1v) is 3.13. The van der Waals surface area contributed by atoms with Crippen LogP contribution in [0.2, 0.25) is 0 Å². The van der Waals surface area contributed by atoms with E-state index in [0.29, 0.717) is 0 Å². The van der Waals surface area contributed by atoms with Crippen LogP contribution in [0.4, 0.5) is 0 Å². The zero-order valence-electron chi connectivity index (χ0n) is 5.26. The van der Waals surface area contributed by atoms with Gasteiger partial charge in [0, 0.05) is 13.1 Å². The molecule has 0 amide bonds. The van der Waals surface area contributed by atoms with Crippen molar-refractivity contribution in [3.63, 3.8) is 0 Å². The van der Waals surface area contributed by atoms with Crippen molar-refractivity contribution in [3.05, 3.63) is 6.61 Å². The molecule has 1 radical (unpaired) electrons. The van der Waals surface area contributed by atoms with E-state index in [-0.39, 0.29) is 0 Å². The van der Waals surface area contributed by atoms with E-state index >= 15 is 0 Å². The van der Waals surface area contributed by atoms with Crippen LogP contribution in [0.15, 0.2) is 0 Å². The first kappa shape index (κ1) is 6.05. The summed E-state index contributed by atoms with van der Waals surface area (Å²) in [6.45, 7) is 5.83. The van der Waals surface area contributed by atoms with Gasteiger partial charge in [-0.2, -0.15) is 5.06 Å². The normalized spacial score (nSPS) is 22.1. The summed E-state index contributed by atoms with van der Waals surface area (Å²) in [5.41, 5.74) is 0. The minimum Gasteiger partial charge on any atom is -0.293 e. The van der Waals surface area contributed by atoms with Crippen molar-refractivity contribution >= 4 is 0 Å². The van der Waals surface area contributed by atoms with Crippen LogP contribution >= 0.6 is 0 Å². The molecule has 1 saturated heterocycles. The van der Waals surface area contributed by atoms with Crippen LogP contribution in [0.25, 0.3) is 0 Å². The SMILES string of the molecule is C[CH]ON1CCCC1. The largest absolute Gasteiger partial charge is 0.293 e. The van der Waals surface area contributed by atoms with Crippen LogP contribution in [0, 0.1) is 6.61 Å². The number of rotatable bonds is 2. The van der Waals surface area contributed by atoms with E-state index in [1.165, 1.54) is 12.8 Å². The van der Waals surface area contributed by atoms with Gasteiger partial charge in [-0.25, -0.2) is 0 Å². The third kappa shape index (κ3) is 1.46. The van der Waals surface area contributed by atoms with Gasteiger partial charge in [-0.15, -0.1) is 0 Å². The molecule has 2 heteroatoms. The number of nitrogens with zero attached hydrogens (tertiary/aromatic N) is 1. The molecule has 8 heavy (non-hydrogen) atoms. The molecule has 0 aliphatic carbocycles. The summed E-state index contributed by atoms with van der Waals surface area (Å²) in [6.07, 6.45) is 2.57. The molecule has 1 heterocycles. The van der Waals surface area contributed by atoms with Gasteiger partial charge in [0.25, 0.3) is 0 Å². The summed E-state index contributed by atoms with van der Waals surface area (Å²) in [7, 11) is 0. The topological polar surface area (TPSA) is 12.5 Å². The number of hydrogen-bond donors (Lipinski definition) is 0. The van der Waals surface area contributed by atoms with Crippen molar-refractivity contribution in [1.29, 1.82) is 0 Å². The lowest BCUT2D eigenvalue weighted by atomic mass is 10.4. The van der Waals surface area contributed by atoms with Crippen molar-refractivity contribution in [2.45, 2.75) is 19.8 Å². The predicted molar refractivity (Wildman–Crippen MR) is 31.9 cm³/mol. The maximum Gasteiger partial charge on any atom is 0.104 e. The molecule has 0 saturated carbocycles. The molecule has 0 spiro atoms. The van der Waals surface area contributed by atoms with Gasteiger partial charge in [-0.05, 0) is 19.8 Å². The molecule has 1 aliphatic heterocycles. The van der Waals surface area contributed by atoms with Crippen LogP contribution in [0.3, 0.4) is 0 Å². The highest BCUT2D eigenvalue weighted by Gasteiger charge is 2.09. The summed E-state index contributed by atoms with van der Waals surface area (Å²) in [6, 6.07) is 0. The smallest absolute Gasteiger partial charge is 0.104 e. The third-order valence-electron chi connectivity index (χ3n) is 1.32. The van der Waals surface area contributed by atoms with Gasteiger partial charge in [0.2, 0.25) is 0 Å². The fraction of sp³-hybridized carbons (Fsp3) is 0.833. The molecular formula is C6H12NO. The van der Waals surface area contributed by atoms with Crippen LogP contribution in [-0.2, 0) is 4.84 Å². The molecular weight excluding hydrogens is 102 g/mol. The van der Waals surface area contributed by atoms with Gasteiger partial charge >= 0.3 is 0 Å². The lowest BCUT2D eigenvalue weighted by Crippen LogP contribution is -2.17. The molecule has 0 N–H and O–H groups in total. The molecule has 0 aromatic heterocycles. The van der Waals surface area contributed by atoms with Crippen LogP contribution in [0.1, 0.15) is 19.8 Å². The summed E-state index contributed by atoms with van der Waals surface area (Å²) < 4.78 is 0. The summed E-state index contributed by atoms with van der Waals surface area (Å²) >= 11 is 0. The maximum absolute atomic E-state index is 5.11. The van der Waals surface area contributed by atoms with Crippen molar-refractivity contribution in [1.82, 2.24) is 5.06 Å². The second-order valence-corrected chi connectivity index (χ2v) is 1.98.